The lowest BCUT2D eigenvalue weighted by molar-refractivity contribution is 0.476. The average Bonchev–Trinajstić information content (AvgIpc) is 2.07. The monoisotopic (exact) mass is 178 g/mol. The summed E-state index contributed by atoms with van der Waals surface area (Å²) in [6.45, 7) is 0. The molecule has 0 radical (unpaired) electrons. The molecule has 0 fully saturated rings. The van der Waals surface area contributed by atoms with E-state index >= 15 is 0 Å². The van der Waals surface area contributed by atoms with E-state index in [9.17, 15) is 5.11 Å². The highest BCUT2D eigenvalue weighted by atomic mass is 35.5. The number of halogens is 1. The Morgan fingerprint density at radius 2 is 1.58 bits per heavy atom. The van der Waals surface area contributed by atoms with Gasteiger partial charge in [0.2, 0.25) is 0 Å². The molecule has 2 rings (SSSR count). The van der Waals surface area contributed by atoms with Gasteiger partial charge in [-0.15, -0.1) is 0 Å². The molecule has 0 atom stereocenters. The Balaban J connectivity index is 2.84. The van der Waals surface area contributed by atoms with E-state index in [2.05, 4.69) is 0 Å². The van der Waals surface area contributed by atoms with Crippen LogP contribution in [-0.2, 0) is 0 Å². The quantitative estimate of drug-likeness (QED) is 0.657. The van der Waals surface area contributed by atoms with E-state index < -0.39 is 0 Å². The Morgan fingerprint density at radius 1 is 1.00 bits per heavy atom. The molecule has 12 heavy (non-hydrogen) atoms. The number of aromatic hydroxyl groups is 1. The molecule has 1 N–H and O–H groups in total. The van der Waals surface area contributed by atoms with Gasteiger partial charge >= 0.3 is 0 Å². The summed E-state index contributed by atoms with van der Waals surface area (Å²) in [4.78, 5) is 0. The fraction of sp³-hybridized carbons (Fsp3) is 0. The van der Waals surface area contributed by atoms with E-state index in [4.69, 9.17) is 11.6 Å². The molecule has 0 unspecified atom stereocenters. The van der Waals surface area contributed by atoms with Crippen LogP contribution in [0.4, 0.5) is 0 Å². The maximum atomic E-state index is 9.29. The third-order valence-electron chi connectivity index (χ3n) is 1.82. The summed E-state index contributed by atoms with van der Waals surface area (Å²) >= 11 is 5.74. The molecule has 0 saturated heterocycles. The molecule has 0 saturated carbocycles. The first-order valence-corrected chi connectivity index (χ1v) is 4.02. The van der Waals surface area contributed by atoms with Gasteiger partial charge in [0.15, 0.2) is 0 Å². The molecule has 0 aliphatic heterocycles. The number of rotatable bonds is 0. The summed E-state index contributed by atoms with van der Waals surface area (Å²) in [6, 6.07) is 11.2. The van der Waals surface area contributed by atoms with Crippen molar-refractivity contribution in [2.24, 2.45) is 0 Å². The Morgan fingerprint density at radius 3 is 2.25 bits per heavy atom. The van der Waals surface area contributed by atoms with Gasteiger partial charge in [-0.25, -0.2) is 0 Å². The summed E-state index contributed by atoms with van der Waals surface area (Å²) in [5.74, 6) is 0.135. The van der Waals surface area contributed by atoms with Crippen LogP contribution in [0.1, 0.15) is 0 Å². The predicted octanol–water partition coefficient (Wildman–Crippen LogP) is 3.20. The van der Waals surface area contributed by atoms with Crippen molar-refractivity contribution in [1.82, 2.24) is 0 Å². The van der Waals surface area contributed by atoms with Gasteiger partial charge < -0.3 is 5.11 Å². The van der Waals surface area contributed by atoms with E-state index in [1.807, 2.05) is 24.3 Å². The summed E-state index contributed by atoms with van der Waals surface area (Å²) < 4.78 is 0. The average molecular weight is 179 g/mol. The van der Waals surface area contributed by atoms with Crippen molar-refractivity contribution >= 4 is 22.4 Å². The van der Waals surface area contributed by atoms with Crippen LogP contribution in [0.5, 0.6) is 5.75 Å². The van der Waals surface area contributed by atoms with E-state index in [0.29, 0.717) is 5.02 Å². The first-order chi connectivity index (χ1) is 5.77. The molecule has 0 amide bonds. The van der Waals surface area contributed by atoms with Crippen molar-refractivity contribution < 1.29 is 5.11 Å². The number of fused-ring (bicyclic) bond motifs is 1. The third kappa shape index (κ3) is 1.12. The van der Waals surface area contributed by atoms with Crippen LogP contribution in [0.3, 0.4) is 0 Å². The summed E-state index contributed by atoms with van der Waals surface area (Å²) in [6.07, 6.45) is 0. The second-order valence-corrected chi connectivity index (χ2v) is 3.06. The number of phenols is 1. The summed E-state index contributed by atoms with van der Waals surface area (Å²) in [5, 5.41) is 11.7. The van der Waals surface area contributed by atoms with E-state index in [-0.39, 0.29) is 5.75 Å². The van der Waals surface area contributed by atoms with Gasteiger partial charge in [0, 0.05) is 0 Å². The highest BCUT2D eigenvalue weighted by molar-refractivity contribution is 6.32. The number of hydrogen-bond acceptors (Lipinski definition) is 1. The van der Waals surface area contributed by atoms with Gasteiger partial charge in [0.05, 0.1) is 5.02 Å². The zero-order valence-corrected chi connectivity index (χ0v) is 7.05. The van der Waals surface area contributed by atoms with Gasteiger partial charge in [-0.2, -0.15) is 0 Å². The Bertz CT molecular complexity index is 383. The van der Waals surface area contributed by atoms with Crippen molar-refractivity contribution in [3.8, 4) is 5.75 Å². The highest BCUT2D eigenvalue weighted by Crippen LogP contribution is 2.28. The normalized spacial score (nSPS) is 10.4. The van der Waals surface area contributed by atoms with E-state index in [0.717, 1.165) is 10.8 Å². The first kappa shape index (κ1) is 7.44. The van der Waals surface area contributed by atoms with Crippen molar-refractivity contribution in [3.63, 3.8) is 0 Å². The van der Waals surface area contributed by atoms with Crippen LogP contribution in [0.2, 0.25) is 5.02 Å². The minimum Gasteiger partial charge on any atom is -0.506 e. The minimum absolute atomic E-state index is 0.135. The number of hydrogen-bond donors (Lipinski definition) is 1. The molecule has 1 nitrogen and oxygen atoms in total. The zero-order valence-electron chi connectivity index (χ0n) is 6.29. The van der Waals surface area contributed by atoms with Crippen molar-refractivity contribution in [2.45, 2.75) is 0 Å². The van der Waals surface area contributed by atoms with Crippen molar-refractivity contribution in [2.75, 3.05) is 0 Å². The predicted molar refractivity (Wildman–Crippen MR) is 50.6 cm³/mol. The highest BCUT2D eigenvalue weighted by Gasteiger charge is 1.99. The maximum Gasteiger partial charge on any atom is 0.134 e. The smallest absolute Gasteiger partial charge is 0.134 e. The second kappa shape index (κ2) is 2.68. The summed E-state index contributed by atoms with van der Waals surface area (Å²) in [5.41, 5.74) is 0. The molecular formula is C10H7ClO. The molecule has 0 aromatic heterocycles. The zero-order chi connectivity index (χ0) is 8.55. The largest absolute Gasteiger partial charge is 0.506 e. The molecule has 2 aromatic carbocycles. The molecular weight excluding hydrogens is 172 g/mol. The van der Waals surface area contributed by atoms with Crippen LogP contribution in [0.15, 0.2) is 36.4 Å². The molecule has 0 heterocycles. The maximum absolute atomic E-state index is 9.29. The van der Waals surface area contributed by atoms with E-state index in [1.165, 1.54) is 0 Å². The molecule has 2 heteroatoms. The minimum atomic E-state index is 0.135. The standard InChI is InChI=1S/C10H7ClO/c11-9-5-7-3-1-2-4-8(7)6-10(9)12/h1-6,12H. The lowest BCUT2D eigenvalue weighted by Gasteiger charge is -1.99. The lowest BCUT2D eigenvalue weighted by atomic mass is 10.1. The van der Waals surface area contributed by atoms with Crippen LogP contribution in [0, 0.1) is 0 Å². The fourth-order valence-electron chi connectivity index (χ4n) is 1.20. The van der Waals surface area contributed by atoms with E-state index in [1.54, 1.807) is 12.1 Å². The SMILES string of the molecule is Oc1cc2ccccc2cc1Cl. The third-order valence-corrected chi connectivity index (χ3v) is 2.12. The number of phenolic OH excluding ortho intramolecular Hbond substituents is 1. The van der Waals surface area contributed by atoms with Gasteiger partial charge in [-0.05, 0) is 22.9 Å². The Kier molecular flexibility index (Phi) is 1.66. The second-order valence-electron chi connectivity index (χ2n) is 2.65. The molecule has 0 bridgehead atoms. The molecule has 0 aliphatic carbocycles. The van der Waals surface area contributed by atoms with Crippen LogP contribution in [-0.4, -0.2) is 5.11 Å². The Hall–Kier alpha value is -1.21. The molecule has 60 valence electrons. The van der Waals surface area contributed by atoms with Crippen LogP contribution < -0.4 is 0 Å². The lowest BCUT2D eigenvalue weighted by Crippen LogP contribution is -1.72. The Labute approximate surface area is 75.2 Å². The van der Waals surface area contributed by atoms with Crippen LogP contribution >= 0.6 is 11.6 Å². The molecule has 0 spiro atoms. The fourth-order valence-corrected chi connectivity index (χ4v) is 1.37. The van der Waals surface area contributed by atoms with Gasteiger partial charge in [-0.1, -0.05) is 35.9 Å². The molecule has 0 aliphatic rings. The van der Waals surface area contributed by atoms with Crippen molar-refractivity contribution in [3.05, 3.63) is 41.4 Å². The topological polar surface area (TPSA) is 20.2 Å². The van der Waals surface area contributed by atoms with Gasteiger partial charge in [-0.3, -0.25) is 0 Å². The van der Waals surface area contributed by atoms with Crippen molar-refractivity contribution in [1.29, 1.82) is 0 Å². The molecule has 2 aromatic rings. The number of benzene rings is 2. The van der Waals surface area contributed by atoms with Crippen LogP contribution in [0.25, 0.3) is 10.8 Å². The summed E-state index contributed by atoms with van der Waals surface area (Å²) in [7, 11) is 0. The first-order valence-electron chi connectivity index (χ1n) is 3.64. The van der Waals surface area contributed by atoms with Gasteiger partial charge in [0.1, 0.15) is 5.75 Å². The van der Waals surface area contributed by atoms with Gasteiger partial charge in [0.25, 0.3) is 0 Å².